The molecule has 2 radical (unpaired) electrons. The summed E-state index contributed by atoms with van der Waals surface area (Å²) < 4.78 is 2.41. The third kappa shape index (κ3) is 1.44. The van der Waals surface area contributed by atoms with Crippen LogP contribution >= 0.6 is 0 Å². The second kappa shape index (κ2) is 3.08. The van der Waals surface area contributed by atoms with E-state index in [9.17, 15) is 0 Å². The van der Waals surface area contributed by atoms with E-state index in [1.165, 1.54) is 0 Å². The minimum Gasteiger partial charge on any atom is -0.400 e. The van der Waals surface area contributed by atoms with Gasteiger partial charge in [0.25, 0.3) is 0 Å². The van der Waals surface area contributed by atoms with Gasteiger partial charge < -0.3 is 4.72 Å². The first kappa shape index (κ1) is 8.32. The molecule has 1 saturated heterocycles. The summed E-state index contributed by atoms with van der Waals surface area (Å²) in [6, 6.07) is 0.649. The topological polar surface area (TPSA) is 3.24 Å². The molecule has 0 amide bonds. The van der Waals surface area contributed by atoms with Crippen molar-refractivity contribution in [3.63, 3.8) is 0 Å². The van der Waals surface area contributed by atoms with E-state index in [0.29, 0.717) is 12.8 Å². The Morgan fingerprint density at radius 3 is 2.10 bits per heavy atom. The van der Waals surface area contributed by atoms with Crippen molar-refractivity contribution in [1.29, 1.82) is 0 Å². The standard InChI is InChI=1S/C5H13B4N/c1-5(2)10-7-6-8(3)9(10)4/h5H,1-4H3. The van der Waals surface area contributed by atoms with Crippen molar-refractivity contribution in [3.05, 3.63) is 0 Å². The molecule has 0 bridgehead atoms. The normalized spacial score (nSPS) is 19.7. The predicted octanol–water partition coefficient (Wildman–Crippen LogP) is 0.270. The van der Waals surface area contributed by atoms with Crippen molar-refractivity contribution >= 4 is 27.6 Å². The molecule has 0 saturated carbocycles. The summed E-state index contributed by atoms with van der Waals surface area (Å²) in [5, 5.41) is 0. The van der Waals surface area contributed by atoms with Crippen molar-refractivity contribution < 1.29 is 0 Å². The van der Waals surface area contributed by atoms with Crippen molar-refractivity contribution in [2.24, 2.45) is 0 Å². The number of nitrogens with zero attached hydrogens (tertiary/aromatic N) is 1. The summed E-state index contributed by atoms with van der Waals surface area (Å²) >= 11 is 0. The maximum atomic E-state index is 2.41. The fourth-order valence-electron chi connectivity index (χ4n) is 1.45. The summed E-state index contributed by atoms with van der Waals surface area (Å²) in [6.07, 6.45) is 0. The average Bonchev–Trinajstić information content (AvgIpc) is 2.14. The Balaban J connectivity index is 2.49. The lowest BCUT2D eigenvalue weighted by molar-refractivity contribution is 0.554. The van der Waals surface area contributed by atoms with Gasteiger partial charge in [-0.15, -0.1) is 0 Å². The molecule has 1 aliphatic rings. The molecule has 0 unspecified atom stereocenters. The fraction of sp³-hybridized carbons (Fsp3) is 1.00. The Hall–Kier alpha value is 0.220. The lowest BCUT2D eigenvalue weighted by Crippen LogP contribution is -2.43. The molecule has 5 heteroatoms. The Morgan fingerprint density at radius 2 is 1.90 bits per heavy atom. The van der Waals surface area contributed by atoms with Crippen LogP contribution in [0, 0.1) is 0 Å². The van der Waals surface area contributed by atoms with Crippen LogP contribution in [0.3, 0.4) is 0 Å². The Labute approximate surface area is 66.6 Å². The Morgan fingerprint density at radius 1 is 1.30 bits per heavy atom. The molecule has 1 aliphatic heterocycles. The Bertz CT molecular complexity index is 118. The van der Waals surface area contributed by atoms with Crippen molar-refractivity contribution in [2.75, 3.05) is 0 Å². The van der Waals surface area contributed by atoms with Gasteiger partial charge in [0.05, 0.1) is 6.49 Å². The van der Waals surface area contributed by atoms with Gasteiger partial charge in [0.2, 0.25) is 0 Å². The van der Waals surface area contributed by atoms with E-state index in [2.05, 4.69) is 46.6 Å². The van der Waals surface area contributed by atoms with E-state index < -0.39 is 0 Å². The minimum atomic E-state index is 0.649. The highest BCUT2D eigenvalue weighted by Gasteiger charge is 2.34. The zero-order valence-corrected chi connectivity index (χ0v) is 7.33. The molecule has 1 rings (SSSR count). The zero-order chi connectivity index (χ0) is 7.72. The quantitative estimate of drug-likeness (QED) is 0.461. The maximum Gasteiger partial charge on any atom is 0.162 e. The third-order valence-corrected chi connectivity index (χ3v) is 2.39. The average molecular weight is 130 g/mol. The van der Waals surface area contributed by atoms with Gasteiger partial charge in [-0.2, -0.15) is 0 Å². The van der Waals surface area contributed by atoms with Gasteiger partial charge in [0.15, 0.2) is 6.74 Å². The molecule has 0 spiro atoms. The van der Waals surface area contributed by atoms with Gasteiger partial charge >= 0.3 is 0 Å². The first-order chi connectivity index (χ1) is 4.63. The number of hydrogen-bond acceptors (Lipinski definition) is 1. The van der Waals surface area contributed by atoms with Gasteiger partial charge in [0, 0.05) is 7.06 Å². The fourth-order valence-corrected chi connectivity index (χ4v) is 1.45. The molecule has 0 aromatic heterocycles. The van der Waals surface area contributed by atoms with Gasteiger partial charge in [-0.1, -0.05) is 27.5 Å². The van der Waals surface area contributed by atoms with E-state index in [4.69, 9.17) is 0 Å². The summed E-state index contributed by atoms with van der Waals surface area (Å²) in [5.74, 6) is 0. The lowest BCUT2D eigenvalue weighted by atomic mass is 9.00. The van der Waals surface area contributed by atoms with Crippen molar-refractivity contribution in [3.8, 4) is 0 Å². The predicted molar refractivity (Wildman–Crippen MR) is 51.7 cm³/mol. The van der Waals surface area contributed by atoms with E-state index in [-0.39, 0.29) is 0 Å². The molecule has 50 valence electrons. The molecule has 0 N–H and O–H groups in total. The minimum absolute atomic E-state index is 0.649. The number of rotatable bonds is 1. The molecule has 1 heterocycles. The summed E-state index contributed by atoms with van der Waals surface area (Å²) in [7, 11) is 4.50. The Kier molecular flexibility index (Phi) is 2.56. The molecule has 0 aromatic carbocycles. The van der Waals surface area contributed by atoms with Gasteiger partial charge in [-0.3, -0.25) is 0 Å². The highest BCUT2D eigenvalue weighted by Crippen LogP contribution is 2.08. The summed E-state index contributed by atoms with van der Waals surface area (Å²) in [6.45, 7) is 10.4. The zero-order valence-electron chi connectivity index (χ0n) is 7.33. The van der Waals surface area contributed by atoms with Gasteiger partial charge in [0.1, 0.15) is 7.31 Å². The molecule has 0 atom stereocenters. The molecule has 1 nitrogen and oxygen atoms in total. The molecule has 10 heavy (non-hydrogen) atoms. The summed E-state index contributed by atoms with van der Waals surface area (Å²) in [4.78, 5) is 0. The molecule has 0 aliphatic carbocycles. The largest absolute Gasteiger partial charge is 0.400 e. The van der Waals surface area contributed by atoms with E-state index in [0.717, 1.165) is 6.49 Å². The highest BCUT2D eigenvalue weighted by molar-refractivity contribution is 7.60. The van der Waals surface area contributed by atoms with Crippen LogP contribution in [0.4, 0.5) is 0 Å². The van der Waals surface area contributed by atoms with Crippen LogP contribution in [0.15, 0.2) is 0 Å². The third-order valence-electron chi connectivity index (χ3n) is 2.39. The van der Waals surface area contributed by atoms with Crippen LogP contribution in [0.2, 0.25) is 13.6 Å². The molecule has 0 aromatic rings. The van der Waals surface area contributed by atoms with Crippen LogP contribution in [0.25, 0.3) is 0 Å². The first-order valence-corrected chi connectivity index (χ1v) is 4.08. The SMILES string of the molecule is CB1[B][B]N(C(C)C)B1C. The van der Waals surface area contributed by atoms with E-state index in [1.807, 2.05) is 0 Å². The van der Waals surface area contributed by atoms with Crippen LogP contribution < -0.4 is 0 Å². The van der Waals surface area contributed by atoms with Crippen LogP contribution in [0.1, 0.15) is 13.8 Å². The second-order valence-corrected chi connectivity index (χ2v) is 3.48. The first-order valence-electron chi connectivity index (χ1n) is 4.08. The van der Waals surface area contributed by atoms with Gasteiger partial charge in [-0.05, 0) is 6.04 Å². The van der Waals surface area contributed by atoms with Crippen molar-refractivity contribution in [2.45, 2.75) is 33.5 Å². The summed E-state index contributed by atoms with van der Waals surface area (Å²) in [5.41, 5.74) is 0. The van der Waals surface area contributed by atoms with Crippen LogP contribution in [0.5, 0.6) is 0 Å². The number of hydrogen-bond donors (Lipinski definition) is 0. The second-order valence-electron chi connectivity index (χ2n) is 3.48. The molecular weight excluding hydrogens is 117 g/mol. The van der Waals surface area contributed by atoms with Gasteiger partial charge in [-0.25, -0.2) is 0 Å². The lowest BCUT2D eigenvalue weighted by Gasteiger charge is -2.26. The van der Waals surface area contributed by atoms with E-state index >= 15 is 0 Å². The molecular formula is C5H13B4N. The molecule has 1 fully saturated rings. The monoisotopic (exact) mass is 131 g/mol. The maximum absolute atomic E-state index is 2.41. The van der Waals surface area contributed by atoms with E-state index in [1.54, 1.807) is 0 Å². The van der Waals surface area contributed by atoms with Crippen molar-refractivity contribution in [1.82, 2.24) is 4.72 Å². The van der Waals surface area contributed by atoms with Crippen LogP contribution in [-0.2, 0) is 0 Å². The van der Waals surface area contributed by atoms with Crippen LogP contribution in [-0.4, -0.2) is 38.4 Å². The smallest absolute Gasteiger partial charge is 0.162 e. The highest BCUT2D eigenvalue weighted by atomic mass is 15.0.